The Bertz CT molecular complexity index is 515. The molecule has 3 nitrogen and oxygen atoms in total. The van der Waals surface area contributed by atoms with Crippen LogP contribution in [0, 0.1) is 0 Å². The highest BCUT2D eigenvalue weighted by Gasteiger charge is 2.21. The van der Waals surface area contributed by atoms with Gasteiger partial charge in [0.1, 0.15) is 0 Å². The standard InChI is InChI=1S/C14H17ClN2OS/c1-3-6-17(9-12-4-5-13(15)19-12)14(18)10(2)11-7-16-8-11/h3-5,16H,1,6-9H2,2H3. The molecule has 1 N–H and O–H groups in total. The average molecular weight is 297 g/mol. The molecule has 102 valence electrons. The van der Waals surface area contributed by atoms with Gasteiger partial charge in [0.05, 0.1) is 10.9 Å². The molecular formula is C14H17ClN2OS. The van der Waals surface area contributed by atoms with E-state index >= 15 is 0 Å². The molecular weight excluding hydrogens is 280 g/mol. The number of rotatable bonds is 5. The van der Waals surface area contributed by atoms with Gasteiger partial charge in [-0.3, -0.25) is 4.79 Å². The maximum atomic E-state index is 12.4. The van der Waals surface area contributed by atoms with Crippen molar-refractivity contribution in [1.29, 1.82) is 0 Å². The third-order valence-corrected chi connectivity index (χ3v) is 4.36. The number of nitrogens with zero attached hydrogens (tertiary/aromatic N) is 1. The minimum Gasteiger partial charge on any atom is -0.330 e. The second-order valence-corrected chi connectivity index (χ2v) is 6.31. The molecule has 0 atom stereocenters. The summed E-state index contributed by atoms with van der Waals surface area (Å²) in [5.74, 6) is 0.0842. The summed E-state index contributed by atoms with van der Waals surface area (Å²) in [5, 5.41) is 3.16. The summed E-state index contributed by atoms with van der Waals surface area (Å²) in [6.07, 6.45) is 1.75. The Balaban J connectivity index is 2.10. The molecule has 0 bridgehead atoms. The summed E-state index contributed by atoms with van der Waals surface area (Å²) in [6.45, 7) is 8.40. The van der Waals surface area contributed by atoms with Crippen LogP contribution >= 0.6 is 22.9 Å². The first-order chi connectivity index (χ1) is 9.11. The lowest BCUT2D eigenvalue weighted by Crippen LogP contribution is -2.39. The van der Waals surface area contributed by atoms with E-state index < -0.39 is 0 Å². The third-order valence-electron chi connectivity index (χ3n) is 3.14. The van der Waals surface area contributed by atoms with Crippen molar-refractivity contribution in [1.82, 2.24) is 10.2 Å². The molecule has 0 unspecified atom stereocenters. The van der Waals surface area contributed by atoms with E-state index in [1.807, 2.05) is 19.1 Å². The molecule has 0 radical (unpaired) electrons. The van der Waals surface area contributed by atoms with E-state index in [9.17, 15) is 4.79 Å². The predicted molar refractivity (Wildman–Crippen MR) is 80.5 cm³/mol. The van der Waals surface area contributed by atoms with Crippen LogP contribution in [0.3, 0.4) is 0 Å². The minimum atomic E-state index is 0.0842. The van der Waals surface area contributed by atoms with E-state index in [0.29, 0.717) is 13.1 Å². The quantitative estimate of drug-likeness (QED) is 0.669. The highest BCUT2D eigenvalue weighted by Crippen LogP contribution is 2.23. The van der Waals surface area contributed by atoms with Gasteiger partial charge < -0.3 is 10.2 Å². The molecule has 1 aliphatic heterocycles. The van der Waals surface area contributed by atoms with E-state index in [0.717, 1.165) is 27.9 Å². The van der Waals surface area contributed by atoms with Crippen LogP contribution in [0.1, 0.15) is 11.8 Å². The predicted octanol–water partition coefficient (Wildman–Crippen LogP) is 2.84. The highest BCUT2D eigenvalue weighted by atomic mass is 35.5. The maximum absolute atomic E-state index is 12.4. The summed E-state index contributed by atoms with van der Waals surface area (Å²) >= 11 is 7.43. The molecule has 0 saturated carbocycles. The van der Waals surface area contributed by atoms with Crippen molar-refractivity contribution in [3.63, 3.8) is 0 Å². The van der Waals surface area contributed by atoms with E-state index in [2.05, 4.69) is 11.9 Å². The fraction of sp³-hybridized carbons (Fsp3) is 0.357. The number of hydrogen-bond acceptors (Lipinski definition) is 3. The van der Waals surface area contributed by atoms with E-state index in [-0.39, 0.29) is 5.91 Å². The second kappa shape index (κ2) is 6.37. The topological polar surface area (TPSA) is 32.3 Å². The normalized spacial score (nSPS) is 13.9. The van der Waals surface area contributed by atoms with Crippen LogP contribution in [0.15, 0.2) is 35.9 Å². The first kappa shape index (κ1) is 14.3. The summed E-state index contributed by atoms with van der Waals surface area (Å²) in [7, 11) is 0. The molecule has 2 heterocycles. The van der Waals surface area contributed by atoms with Crippen molar-refractivity contribution in [2.75, 3.05) is 19.6 Å². The van der Waals surface area contributed by atoms with Gasteiger partial charge in [-0.2, -0.15) is 0 Å². The Labute approximate surface area is 122 Å². The van der Waals surface area contributed by atoms with Gasteiger partial charge in [-0.1, -0.05) is 17.7 Å². The van der Waals surface area contributed by atoms with E-state index in [1.165, 1.54) is 16.9 Å². The number of halogens is 1. The number of hydrogen-bond donors (Lipinski definition) is 1. The van der Waals surface area contributed by atoms with Gasteiger partial charge in [-0.05, 0) is 24.6 Å². The Morgan fingerprint density at radius 1 is 1.58 bits per heavy atom. The Morgan fingerprint density at radius 2 is 2.32 bits per heavy atom. The number of carbonyl (C=O) groups is 1. The maximum Gasteiger partial charge on any atom is 0.250 e. The number of thiophene rings is 1. The van der Waals surface area contributed by atoms with Gasteiger partial charge >= 0.3 is 0 Å². The molecule has 1 aromatic heterocycles. The smallest absolute Gasteiger partial charge is 0.250 e. The number of carbonyl (C=O) groups excluding carboxylic acids is 1. The summed E-state index contributed by atoms with van der Waals surface area (Å²) in [5.41, 5.74) is 2.05. The van der Waals surface area contributed by atoms with Crippen molar-refractivity contribution < 1.29 is 4.79 Å². The van der Waals surface area contributed by atoms with Crippen LogP contribution in [0.25, 0.3) is 0 Å². The Kier molecular flexibility index (Phi) is 4.80. The van der Waals surface area contributed by atoms with Crippen LogP contribution < -0.4 is 5.32 Å². The van der Waals surface area contributed by atoms with Crippen molar-refractivity contribution in [3.05, 3.63) is 45.1 Å². The molecule has 1 amide bonds. The van der Waals surface area contributed by atoms with E-state index in [1.54, 1.807) is 11.0 Å². The Morgan fingerprint density at radius 3 is 2.79 bits per heavy atom. The van der Waals surface area contributed by atoms with Crippen LogP contribution in [-0.2, 0) is 11.3 Å². The van der Waals surface area contributed by atoms with Crippen LogP contribution in [0.2, 0.25) is 4.34 Å². The van der Waals surface area contributed by atoms with Crippen LogP contribution in [-0.4, -0.2) is 30.4 Å². The number of nitrogens with one attached hydrogen (secondary N) is 1. The lowest BCUT2D eigenvalue weighted by molar-refractivity contribution is -0.127. The van der Waals surface area contributed by atoms with Gasteiger partial charge in [-0.25, -0.2) is 0 Å². The highest BCUT2D eigenvalue weighted by molar-refractivity contribution is 7.16. The SMILES string of the molecule is C=CCN(Cc1ccc(Cl)s1)C(=O)C(C)=C1CNC1. The molecule has 0 spiro atoms. The fourth-order valence-corrected chi connectivity index (χ4v) is 3.01. The van der Waals surface area contributed by atoms with Crippen LogP contribution in [0.5, 0.6) is 0 Å². The first-order valence-corrected chi connectivity index (χ1v) is 7.35. The zero-order valence-corrected chi connectivity index (χ0v) is 12.5. The lowest BCUT2D eigenvalue weighted by atomic mass is 10.0. The second-order valence-electron chi connectivity index (χ2n) is 4.51. The van der Waals surface area contributed by atoms with Crippen molar-refractivity contribution in [2.24, 2.45) is 0 Å². The summed E-state index contributed by atoms with van der Waals surface area (Å²) in [6, 6.07) is 3.82. The van der Waals surface area contributed by atoms with Crippen LogP contribution in [0.4, 0.5) is 0 Å². The fourth-order valence-electron chi connectivity index (χ4n) is 1.90. The molecule has 5 heteroatoms. The molecule has 2 rings (SSSR count). The average Bonchev–Trinajstić information content (AvgIpc) is 2.71. The molecule has 0 aliphatic carbocycles. The van der Waals surface area contributed by atoms with Crippen molar-refractivity contribution in [2.45, 2.75) is 13.5 Å². The Hall–Kier alpha value is -1.10. The molecule has 1 saturated heterocycles. The summed E-state index contributed by atoms with van der Waals surface area (Å²) in [4.78, 5) is 15.3. The zero-order valence-electron chi connectivity index (χ0n) is 10.9. The summed E-state index contributed by atoms with van der Waals surface area (Å²) < 4.78 is 0.749. The first-order valence-electron chi connectivity index (χ1n) is 6.15. The largest absolute Gasteiger partial charge is 0.330 e. The van der Waals surface area contributed by atoms with Gasteiger partial charge in [0.2, 0.25) is 5.91 Å². The van der Waals surface area contributed by atoms with Gasteiger partial charge in [0.15, 0.2) is 0 Å². The zero-order chi connectivity index (χ0) is 13.8. The molecule has 0 aromatic carbocycles. The molecule has 1 aliphatic rings. The molecule has 19 heavy (non-hydrogen) atoms. The molecule has 1 fully saturated rings. The lowest BCUT2D eigenvalue weighted by Gasteiger charge is -2.26. The van der Waals surface area contributed by atoms with Crippen molar-refractivity contribution in [3.8, 4) is 0 Å². The van der Waals surface area contributed by atoms with Gasteiger partial charge in [-0.15, -0.1) is 17.9 Å². The van der Waals surface area contributed by atoms with Crippen molar-refractivity contribution >= 4 is 28.8 Å². The minimum absolute atomic E-state index is 0.0842. The number of amides is 1. The molecule has 1 aromatic rings. The van der Waals surface area contributed by atoms with E-state index in [4.69, 9.17) is 11.6 Å². The third kappa shape index (κ3) is 3.47. The van der Waals surface area contributed by atoms with Gasteiger partial charge in [0, 0.05) is 30.1 Å². The monoisotopic (exact) mass is 296 g/mol. The van der Waals surface area contributed by atoms with Gasteiger partial charge in [0.25, 0.3) is 0 Å².